The van der Waals surface area contributed by atoms with Crippen LogP contribution >= 0.6 is 23.2 Å². The van der Waals surface area contributed by atoms with Crippen molar-refractivity contribution in [3.63, 3.8) is 0 Å². The second-order valence-corrected chi connectivity index (χ2v) is 8.65. The molecular weight excluding hydrogens is 475 g/mol. The first-order valence-corrected chi connectivity index (χ1v) is 11.3. The zero-order valence-electron chi connectivity index (χ0n) is 18.4. The van der Waals surface area contributed by atoms with Gasteiger partial charge in [0, 0.05) is 26.6 Å². The van der Waals surface area contributed by atoms with E-state index in [4.69, 9.17) is 27.9 Å². The molecule has 2 atom stereocenters. The number of nitrogens with zero attached hydrogens (tertiary/aromatic N) is 2. The van der Waals surface area contributed by atoms with E-state index in [9.17, 15) is 14.4 Å². The van der Waals surface area contributed by atoms with Crippen molar-refractivity contribution >= 4 is 51.6 Å². The van der Waals surface area contributed by atoms with Crippen molar-refractivity contribution in [2.45, 2.75) is 26.0 Å². The predicted molar refractivity (Wildman–Crippen MR) is 131 cm³/mol. The van der Waals surface area contributed by atoms with Crippen molar-refractivity contribution in [1.82, 2.24) is 9.78 Å². The summed E-state index contributed by atoms with van der Waals surface area (Å²) in [6.45, 7) is 3.21. The molecule has 4 aromatic rings. The summed E-state index contributed by atoms with van der Waals surface area (Å²) in [5, 5.41) is 5.97. The molecule has 0 aliphatic heterocycles. The van der Waals surface area contributed by atoms with Crippen LogP contribution in [0.25, 0.3) is 10.9 Å². The Bertz CT molecular complexity index is 1380. The molecule has 1 heterocycles. The monoisotopic (exact) mass is 494 g/mol. The number of hydrogen-bond donors (Lipinski definition) is 0. The molecule has 6 nitrogen and oxygen atoms in total. The highest BCUT2D eigenvalue weighted by molar-refractivity contribution is 6.31. The minimum Gasteiger partial charge on any atom is -0.449 e. The van der Waals surface area contributed by atoms with Gasteiger partial charge in [-0.05, 0) is 68.4 Å². The molecule has 0 amide bonds. The topological polar surface area (TPSA) is 78.3 Å². The zero-order valence-corrected chi connectivity index (χ0v) is 19.9. The highest BCUT2D eigenvalue weighted by Gasteiger charge is 2.27. The number of ketones is 2. The van der Waals surface area contributed by atoms with Gasteiger partial charge in [-0.3, -0.25) is 14.3 Å². The van der Waals surface area contributed by atoms with Crippen molar-refractivity contribution in [3.05, 3.63) is 99.7 Å². The molecule has 4 rings (SSSR count). The lowest BCUT2D eigenvalue weighted by atomic mass is 10.1. The maximum atomic E-state index is 13.1. The molecule has 0 saturated carbocycles. The van der Waals surface area contributed by atoms with Crippen molar-refractivity contribution in [2.24, 2.45) is 0 Å². The minimum atomic E-state index is -1.04. The Hall–Kier alpha value is -3.48. The molecule has 0 bridgehead atoms. The van der Waals surface area contributed by atoms with Crippen LogP contribution < -0.4 is 0 Å². The van der Waals surface area contributed by atoms with Crippen LogP contribution in [0.2, 0.25) is 10.0 Å². The molecule has 34 heavy (non-hydrogen) atoms. The number of carbonyl (C=O) groups is 3. The fourth-order valence-corrected chi connectivity index (χ4v) is 3.87. The van der Waals surface area contributed by atoms with Crippen LogP contribution in [0.5, 0.6) is 0 Å². The van der Waals surface area contributed by atoms with Crippen LogP contribution in [0, 0.1) is 0 Å². The van der Waals surface area contributed by atoms with Crippen molar-refractivity contribution in [3.8, 4) is 0 Å². The molecule has 0 aliphatic rings. The van der Waals surface area contributed by atoms with E-state index < -0.39 is 18.1 Å². The standard InChI is InChI=1S/C26H20Cl2N2O4/c1-15(24(31)17-7-11-19(27)12-8-17)30-22-6-4-3-5-21(22)23(29-30)26(33)34-16(2)25(32)18-9-13-20(28)14-10-18/h3-16H,1-2H3/t15-,16+/m1/s1. The number of carbonyl (C=O) groups excluding carboxylic acids is 3. The lowest BCUT2D eigenvalue weighted by Gasteiger charge is -2.13. The summed E-state index contributed by atoms with van der Waals surface area (Å²) >= 11 is 11.8. The molecule has 0 spiro atoms. The summed E-state index contributed by atoms with van der Waals surface area (Å²) in [4.78, 5) is 38.7. The number of halogens is 2. The smallest absolute Gasteiger partial charge is 0.360 e. The van der Waals surface area contributed by atoms with Crippen molar-refractivity contribution < 1.29 is 19.1 Å². The second kappa shape index (κ2) is 9.79. The number of para-hydroxylation sites is 1. The van der Waals surface area contributed by atoms with Crippen LogP contribution in [-0.4, -0.2) is 33.4 Å². The first kappa shape index (κ1) is 23.7. The Balaban J connectivity index is 1.61. The van der Waals surface area contributed by atoms with Crippen LogP contribution in [-0.2, 0) is 4.74 Å². The minimum absolute atomic E-state index is 0.0297. The van der Waals surface area contributed by atoms with Gasteiger partial charge in [-0.15, -0.1) is 0 Å². The third-order valence-electron chi connectivity index (χ3n) is 5.46. The van der Waals surface area contributed by atoms with Gasteiger partial charge in [0.05, 0.1) is 5.52 Å². The number of rotatable bonds is 7. The molecule has 1 aromatic heterocycles. The van der Waals surface area contributed by atoms with Crippen LogP contribution in [0.15, 0.2) is 72.8 Å². The summed E-state index contributed by atoms with van der Waals surface area (Å²) in [6.07, 6.45) is -1.04. The summed E-state index contributed by atoms with van der Waals surface area (Å²) in [5.41, 5.74) is 1.48. The molecule has 3 aromatic carbocycles. The average Bonchev–Trinajstić information content (AvgIpc) is 3.23. The number of ether oxygens (including phenoxy) is 1. The van der Waals surface area contributed by atoms with Gasteiger partial charge in [-0.1, -0.05) is 41.4 Å². The maximum Gasteiger partial charge on any atom is 0.360 e. The quantitative estimate of drug-likeness (QED) is 0.225. The summed E-state index contributed by atoms with van der Waals surface area (Å²) in [5.74, 6) is -1.30. The average molecular weight is 495 g/mol. The van der Waals surface area contributed by atoms with Crippen LogP contribution in [0.1, 0.15) is 51.1 Å². The molecule has 0 aliphatic carbocycles. The van der Waals surface area contributed by atoms with E-state index in [1.807, 2.05) is 0 Å². The predicted octanol–water partition coefficient (Wildman–Crippen LogP) is 6.22. The molecule has 0 N–H and O–H groups in total. The Morgan fingerprint density at radius 3 is 1.91 bits per heavy atom. The third-order valence-corrected chi connectivity index (χ3v) is 5.97. The Labute approximate surface area is 206 Å². The number of hydrogen-bond acceptors (Lipinski definition) is 5. The van der Waals surface area contributed by atoms with Gasteiger partial charge in [0.1, 0.15) is 6.04 Å². The Kier molecular flexibility index (Phi) is 6.82. The van der Waals surface area contributed by atoms with Gasteiger partial charge >= 0.3 is 5.97 Å². The lowest BCUT2D eigenvalue weighted by molar-refractivity contribution is 0.0313. The fraction of sp³-hybridized carbons (Fsp3) is 0.154. The van der Waals surface area contributed by atoms with Gasteiger partial charge in [0.2, 0.25) is 5.78 Å². The summed E-state index contributed by atoms with van der Waals surface area (Å²) < 4.78 is 6.94. The van der Waals surface area contributed by atoms with E-state index in [1.54, 1.807) is 79.7 Å². The van der Waals surface area contributed by atoms with Crippen molar-refractivity contribution in [2.75, 3.05) is 0 Å². The molecule has 8 heteroatoms. The van der Waals surface area contributed by atoms with E-state index in [-0.39, 0.29) is 17.3 Å². The SMILES string of the molecule is C[C@H](OC(=O)c1nn([C@H](C)C(=O)c2ccc(Cl)cc2)c2ccccc12)C(=O)c1ccc(Cl)cc1. The summed E-state index contributed by atoms with van der Waals surface area (Å²) in [6, 6.07) is 19.3. The zero-order chi connectivity index (χ0) is 24.4. The Morgan fingerprint density at radius 1 is 0.794 bits per heavy atom. The largest absolute Gasteiger partial charge is 0.449 e. The number of benzene rings is 3. The molecule has 0 fully saturated rings. The van der Waals surface area contributed by atoms with E-state index in [1.165, 1.54) is 11.6 Å². The number of fused-ring (bicyclic) bond motifs is 1. The Morgan fingerprint density at radius 2 is 1.32 bits per heavy atom. The normalized spacial score (nSPS) is 12.8. The lowest BCUT2D eigenvalue weighted by Crippen LogP contribution is -2.25. The second-order valence-electron chi connectivity index (χ2n) is 7.78. The maximum absolute atomic E-state index is 13.1. The number of Topliss-reactive ketones (excluding diaryl/α,β-unsaturated/α-hetero) is 2. The van der Waals surface area contributed by atoms with E-state index >= 15 is 0 Å². The first-order chi connectivity index (χ1) is 16.3. The molecule has 0 saturated heterocycles. The highest BCUT2D eigenvalue weighted by atomic mass is 35.5. The first-order valence-electron chi connectivity index (χ1n) is 10.5. The van der Waals surface area contributed by atoms with E-state index in [0.717, 1.165) is 0 Å². The fourth-order valence-electron chi connectivity index (χ4n) is 3.62. The third kappa shape index (κ3) is 4.74. The van der Waals surface area contributed by atoms with Crippen LogP contribution in [0.3, 0.4) is 0 Å². The van der Waals surface area contributed by atoms with Gasteiger partial charge in [-0.25, -0.2) is 4.79 Å². The summed E-state index contributed by atoms with van der Waals surface area (Å²) in [7, 11) is 0. The molecule has 0 unspecified atom stereocenters. The van der Waals surface area contributed by atoms with E-state index in [0.29, 0.717) is 32.1 Å². The molecule has 172 valence electrons. The van der Waals surface area contributed by atoms with Crippen LogP contribution in [0.4, 0.5) is 0 Å². The van der Waals surface area contributed by atoms with E-state index in [2.05, 4.69) is 5.10 Å². The van der Waals surface area contributed by atoms with Gasteiger partial charge < -0.3 is 4.74 Å². The van der Waals surface area contributed by atoms with Gasteiger partial charge in [-0.2, -0.15) is 5.10 Å². The number of esters is 1. The van der Waals surface area contributed by atoms with Gasteiger partial charge in [0.25, 0.3) is 0 Å². The molecular formula is C26H20Cl2N2O4. The number of aromatic nitrogens is 2. The highest BCUT2D eigenvalue weighted by Crippen LogP contribution is 2.25. The van der Waals surface area contributed by atoms with Crippen molar-refractivity contribution in [1.29, 1.82) is 0 Å². The van der Waals surface area contributed by atoms with Gasteiger partial charge in [0.15, 0.2) is 17.6 Å². The molecule has 0 radical (unpaired) electrons.